The smallest absolute Gasteiger partial charge is 0.341 e. The third-order valence-electron chi connectivity index (χ3n) is 2.54. The number of rotatable bonds is 5. The Morgan fingerprint density at radius 1 is 1.44 bits per heavy atom. The van der Waals surface area contributed by atoms with Crippen LogP contribution in [0.4, 0.5) is 10.1 Å². The second-order valence-corrected chi connectivity index (χ2v) is 4.20. The van der Waals surface area contributed by atoms with Crippen molar-refractivity contribution in [2.24, 2.45) is 0 Å². The maximum atomic E-state index is 13.7. The summed E-state index contributed by atoms with van der Waals surface area (Å²) in [4.78, 5) is 13.4. The van der Waals surface area contributed by atoms with E-state index in [1.54, 1.807) is 32.0 Å². The van der Waals surface area contributed by atoms with Crippen LogP contribution in [0.25, 0.3) is 0 Å². The van der Waals surface area contributed by atoms with Gasteiger partial charge in [-0.1, -0.05) is 0 Å². The number of hydrogen-bond acceptors (Lipinski definition) is 4. The first kappa shape index (κ1) is 14.4. The van der Waals surface area contributed by atoms with E-state index < -0.39 is 11.8 Å². The maximum absolute atomic E-state index is 13.7. The fraction of sp³-hybridized carbons (Fsp3) is 0.462. The molecule has 0 amide bonds. The molecule has 100 valence electrons. The summed E-state index contributed by atoms with van der Waals surface area (Å²) in [5.74, 6) is -1.27. The van der Waals surface area contributed by atoms with Crippen molar-refractivity contribution in [1.82, 2.24) is 0 Å². The zero-order valence-electron chi connectivity index (χ0n) is 11.1. The number of esters is 1. The number of nitrogens with zero attached hydrogens (tertiary/aromatic N) is 1. The normalized spacial score (nSPS) is 12.1. The molecule has 0 fully saturated rings. The van der Waals surface area contributed by atoms with E-state index >= 15 is 0 Å². The molecule has 1 aromatic rings. The quantitative estimate of drug-likeness (QED) is 0.755. The fourth-order valence-electron chi connectivity index (χ4n) is 1.29. The van der Waals surface area contributed by atoms with Gasteiger partial charge in [0.05, 0.1) is 11.7 Å². The predicted molar refractivity (Wildman–Crippen MR) is 67.5 cm³/mol. The van der Waals surface area contributed by atoms with Gasteiger partial charge in [0, 0.05) is 26.9 Å². The topological polar surface area (TPSA) is 38.8 Å². The van der Waals surface area contributed by atoms with Crippen LogP contribution in [0.3, 0.4) is 0 Å². The van der Waals surface area contributed by atoms with E-state index in [0.29, 0.717) is 5.69 Å². The summed E-state index contributed by atoms with van der Waals surface area (Å²) in [7, 11) is 5.12. The largest absolute Gasteiger partial charge is 0.459 e. The molecule has 0 saturated carbocycles. The zero-order chi connectivity index (χ0) is 13.7. The molecular formula is C13H18FNO3. The van der Waals surface area contributed by atoms with Gasteiger partial charge in [-0.2, -0.15) is 0 Å². The van der Waals surface area contributed by atoms with E-state index in [0.717, 1.165) is 0 Å². The van der Waals surface area contributed by atoms with Crippen molar-refractivity contribution in [3.63, 3.8) is 0 Å². The molecule has 1 atom stereocenters. The molecule has 0 radical (unpaired) electrons. The molecule has 0 aromatic heterocycles. The summed E-state index contributed by atoms with van der Waals surface area (Å²) >= 11 is 0. The first-order valence-corrected chi connectivity index (χ1v) is 5.62. The lowest BCUT2D eigenvalue weighted by molar-refractivity contribution is 0.0165. The summed E-state index contributed by atoms with van der Waals surface area (Å²) in [6.07, 6.45) is -0.210. The standard InChI is InChI=1S/C13H18FNO3/c1-9(17-4)8-18-13(16)11-6-5-10(15(2)3)7-12(11)14/h5-7,9H,8H2,1-4H3/t9-/m0/s1. The van der Waals surface area contributed by atoms with Crippen LogP contribution in [-0.2, 0) is 9.47 Å². The van der Waals surface area contributed by atoms with E-state index in [1.807, 2.05) is 0 Å². The molecule has 0 aliphatic heterocycles. The van der Waals surface area contributed by atoms with E-state index in [-0.39, 0.29) is 18.3 Å². The molecule has 18 heavy (non-hydrogen) atoms. The lowest BCUT2D eigenvalue weighted by Crippen LogP contribution is -2.18. The molecule has 0 bridgehead atoms. The van der Waals surface area contributed by atoms with Crippen LogP contribution >= 0.6 is 0 Å². The average molecular weight is 255 g/mol. The van der Waals surface area contributed by atoms with Gasteiger partial charge in [0.1, 0.15) is 12.4 Å². The van der Waals surface area contributed by atoms with Crippen molar-refractivity contribution < 1.29 is 18.7 Å². The van der Waals surface area contributed by atoms with Crippen LogP contribution in [0.15, 0.2) is 18.2 Å². The Hall–Kier alpha value is -1.62. The Morgan fingerprint density at radius 2 is 2.11 bits per heavy atom. The first-order chi connectivity index (χ1) is 8.45. The Bertz CT molecular complexity index is 421. The highest BCUT2D eigenvalue weighted by Gasteiger charge is 2.15. The summed E-state index contributed by atoms with van der Waals surface area (Å²) in [6, 6.07) is 4.39. The number of ether oxygens (including phenoxy) is 2. The Labute approximate surface area is 106 Å². The number of carbonyl (C=O) groups is 1. The number of halogens is 1. The van der Waals surface area contributed by atoms with Crippen LogP contribution in [0.2, 0.25) is 0 Å². The average Bonchev–Trinajstić information content (AvgIpc) is 2.35. The lowest BCUT2D eigenvalue weighted by atomic mass is 10.2. The predicted octanol–water partition coefficient (Wildman–Crippen LogP) is 2.08. The third kappa shape index (κ3) is 3.70. The highest BCUT2D eigenvalue weighted by molar-refractivity contribution is 5.90. The SMILES string of the molecule is CO[C@@H](C)COC(=O)c1ccc(N(C)C)cc1F. The van der Waals surface area contributed by atoms with Gasteiger partial charge in [0.15, 0.2) is 0 Å². The van der Waals surface area contributed by atoms with Crippen molar-refractivity contribution >= 4 is 11.7 Å². The first-order valence-electron chi connectivity index (χ1n) is 5.62. The van der Waals surface area contributed by atoms with Gasteiger partial charge in [0.25, 0.3) is 0 Å². The highest BCUT2D eigenvalue weighted by atomic mass is 19.1. The van der Waals surface area contributed by atoms with Crippen LogP contribution in [-0.4, -0.2) is 39.9 Å². The molecule has 1 aromatic carbocycles. The van der Waals surface area contributed by atoms with Crippen LogP contribution in [0, 0.1) is 5.82 Å². The van der Waals surface area contributed by atoms with Crippen LogP contribution < -0.4 is 4.90 Å². The van der Waals surface area contributed by atoms with Crippen molar-refractivity contribution in [2.45, 2.75) is 13.0 Å². The van der Waals surface area contributed by atoms with Gasteiger partial charge in [-0.25, -0.2) is 9.18 Å². The van der Waals surface area contributed by atoms with Gasteiger partial charge in [-0.3, -0.25) is 0 Å². The van der Waals surface area contributed by atoms with Gasteiger partial charge < -0.3 is 14.4 Å². The maximum Gasteiger partial charge on any atom is 0.341 e. The third-order valence-corrected chi connectivity index (χ3v) is 2.54. The second-order valence-electron chi connectivity index (χ2n) is 4.20. The van der Waals surface area contributed by atoms with Gasteiger partial charge in [0.2, 0.25) is 0 Å². The number of carbonyl (C=O) groups excluding carboxylic acids is 1. The molecule has 0 unspecified atom stereocenters. The van der Waals surface area contributed by atoms with Crippen molar-refractivity contribution in [3.05, 3.63) is 29.6 Å². The molecule has 0 N–H and O–H groups in total. The van der Waals surface area contributed by atoms with Crippen molar-refractivity contribution in [3.8, 4) is 0 Å². The van der Waals surface area contributed by atoms with Crippen molar-refractivity contribution in [1.29, 1.82) is 0 Å². The van der Waals surface area contributed by atoms with E-state index in [2.05, 4.69) is 0 Å². The minimum atomic E-state index is -0.679. The lowest BCUT2D eigenvalue weighted by Gasteiger charge is -2.14. The Balaban J connectivity index is 2.74. The highest BCUT2D eigenvalue weighted by Crippen LogP contribution is 2.17. The molecule has 0 aliphatic rings. The van der Waals surface area contributed by atoms with Crippen LogP contribution in [0.5, 0.6) is 0 Å². The van der Waals surface area contributed by atoms with E-state index in [1.165, 1.54) is 19.2 Å². The van der Waals surface area contributed by atoms with E-state index in [4.69, 9.17) is 9.47 Å². The van der Waals surface area contributed by atoms with E-state index in [9.17, 15) is 9.18 Å². The fourth-order valence-corrected chi connectivity index (χ4v) is 1.29. The zero-order valence-corrected chi connectivity index (χ0v) is 11.1. The van der Waals surface area contributed by atoms with Crippen LogP contribution in [0.1, 0.15) is 17.3 Å². The summed E-state index contributed by atoms with van der Waals surface area (Å²) < 4.78 is 23.6. The molecule has 1 rings (SSSR count). The van der Waals surface area contributed by atoms with Gasteiger partial charge in [-0.15, -0.1) is 0 Å². The Kier molecular flexibility index (Phi) is 5.09. The molecule has 0 aliphatic carbocycles. The summed E-state index contributed by atoms with van der Waals surface area (Å²) in [5.41, 5.74) is 0.623. The molecule has 0 heterocycles. The molecule has 0 saturated heterocycles. The Morgan fingerprint density at radius 3 is 2.61 bits per heavy atom. The van der Waals surface area contributed by atoms with Crippen molar-refractivity contribution in [2.75, 3.05) is 32.7 Å². The van der Waals surface area contributed by atoms with Gasteiger partial charge >= 0.3 is 5.97 Å². The summed E-state index contributed by atoms with van der Waals surface area (Å²) in [5, 5.41) is 0. The molecule has 4 nitrogen and oxygen atoms in total. The number of hydrogen-bond donors (Lipinski definition) is 0. The second kappa shape index (κ2) is 6.35. The molecular weight excluding hydrogens is 237 g/mol. The molecule has 5 heteroatoms. The monoisotopic (exact) mass is 255 g/mol. The summed E-state index contributed by atoms with van der Waals surface area (Å²) in [6.45, 7) is 1.86. The number of anilines is 1. The minimum Gasteiger partial charge on any atom is -0.459 e. The van der Waals surface area contributed by atoms with Gasteiger partial charge in [-0.05, 0) is 25.1 Å². The number of methoxy groups -OCH3 is 1. The minimum absolute atomic E-state index is 0.0658. The number of benzene rings is 1. The molecule has 0 spiro atoms.